The van der Waals surface area contributed by atoms with Crippen LogP contribution in [0.4, 0.5) is 5.69 Å². The first-order chi connectivity index (χ1) is 25.2. The lowest BCUT2D eigenvalue weighted by Crippen LogP contribution is -2.48. The Hall–Kier alpha value is -4.65. The molecule has 0 unspecified atom stereocenters. The number of rotatable bonds is 12. The molecule has 2 aliphatic rings. The topological polar surface area (TPSA) is 171 Å². The van der Waals surface area contributed by atoms with Crippen molar-refractivity contribution in [1.82, 2.24) is 36.2 Å². The number of aromatic nitrogens is 4. The molecule has 0 aliphatic heterocycles. The predicted octanol–water partition coefficient (Wildman–Crippen LogP) is 5.30. The Morgan fingerprint density at radius 1 is 0.887 bits per heavy atom. The molecule has 12 nitrogen and oxygen atoms in total. The molecule has 1 atom stereocenters. The number of benzene rings is 3. The lowest BCUT2D eigenvalue weighted by molar-refractivity contribution is -0.130. The van der Waals surface area contributed by atoms with Gasteiger partial charge in [0.25, 0.3) is 5.91 Å². The predicted molar refractivity (Wildman–Crippen MR) is 209 cm³/mol. The second-order valence-corrected chi connectivity index (χ2v) is 14.7. The van der Waals surface area contributed by atoms with E-state index in [0.29, 0.717) is 42.0 Å². The number of carbonyl (C=O) groups is 3. The van der Waals surface area contributed by atoms with E-state index in [0.717, 1.165) is 79.2 Å². The second-order valence-electron chi connectivity index (χ2n) is 14.7. The van der Waals surface area contributed by atoms with Crippen molar-refractivity contribution in [2.45, 2.75) is 82.8 Å². The van der Waals surface area contributed by atoms with Crippen LogP contribution < -0.4 is 21.7 Å². The molecule has 2 fully saturated rings. The number of hydrogen-bond donors (Lipinski definition) is 5. The number of tetrazole rings is 1. The lowest BCUT2D eigenvalue weighted by Gasteiger charge is -2.33. The third-order valence-electron chi connectivity index (χ3n) is 10.9. The lowest BCUT2D eigenvalue weighted by atomic mass is 9.81. The Kier molecular flexibility index (Phi) is 13.7. The van der Waals surface area contributed by atoms with Crippen molar-refractivity contribution in [3.05, 3.63) is 83.4 Å². The maximum Gasteiger partial charge on any atom is 0.251 e. The van der Waals surface area contributed by atoms with Gasteiger partial charge < -0.3 is 26.6 Å². The van der Waals surface area contributed by atoms with Crippen molar-refractivity contribution in [1.29, 1.82) is 0 Å². The fourth-order valence-electron chi connectivity index (χ4n) is 7.57. The smallest absolute Gasteiger partial charge is 0.251 e. The van der Waals surface area contributed by atoms with E-state index in [-0.39, 0.29) is 42.1 Å². The van der Waals surface area contributed by atoms with Crippen LogP contribution in [0.2, 0.25) is 0 Å². The van der Waals surface area contributed by atoms with Gasteiger partial charge in [0.1, 0.15) is 6.04 Å². The van der Waals surface area contributed by atoms with Crippen molar-refractivity contribution in [2.75, 3.05) is 26.0 Å². The number of aryl methyl sites for hydroxylation is 1. The first-order valence-electron chi connectivity index (χ1n) is 18.5. The summed E-state index contributed by atoms with van der Waals surface area (Å²) in [6.45, 7) is 2.66. The Balaban J connectivity index is 0.00000541. The molecular formula is C40H52ClN9O3. The Morgan fingerprint density at radius 2 is 1.57 bits per heavy atom. The Labute approximate surface area is 317 Å². The number of H-pyrrole nitrogens is 1. The minimum atomic E-state index is -0.778. The van der Waals surface area contributed by atoms with E-state index in [4.69, 9.17) is 5.73 Å². The third kappa shape index (κ3) is 10.3. The van der Waals surface area contributed by atoms with E-state index in [1.807, 2.05) is 49.4 Å². The maximum atomic E-state index is 13.7. The summed E-state index contributed by atoms with van der Waals surface area (Å²) < 4.78 is 0. The van der Waals surface area contributed by atoms with Gasteiger partial charge in [0.05, 0.1) is 0 Å². The van der Waals surface area contributed by atoms with Crippen LogP contribution in [-0.2, 0) is 16.0 Å². The van der Waals surface area contributed by atoms with Gasteiger partial charge in [-0.2, -0.15) is 5.21 Å². The van der Waals surface area contributed by atoms with Crippen LogP contribution in [0, 0.1) is 18.8 Å². The Morgan fingerprint density at radius 3 is 2.17 bits per heavy atom. The number of anilines is 1. The van der Waals surface area contributed by atoms with Crippen LogP contribution in [0.1, 0.15) is 72.9 Å². The number of nitrogens with two attached hydrogens (primary N) is 1. The molecule has 2 aliphatic carbocycles. The van der Waals surface area contributed by atoms with E-state index < -0.39 is 6.04 Å². The van der Waals surface area contributed by atoms with Gasteiger partial charge in [-0.25, -0.2) is 0 Å². The van der Waals surface area contributed by atoms with Crippen molar-refractivity contribution >= 4 is 35.8 Å². The molecule has 2 saturated carbocycles. The SMILES string of the molecule is Cc1cc(C(=O)NC2CCC(N(C)C)CC2)ccc1-c1ccc(C[C@H](NC(=O)[C@H]2CC[C@H](CN)CC2)C(=O)Nc2ccc(-c3nn[nH]n3)cc2)cc1.Cl. The molecule has 3 amide bonds. The van der Waals surface area contributed by atoms with Gasteiger partial charge in [-0.3, -0.25) is 14.4 Å². The average molecular weight is 742 g/mol. The van der Waals surface area contributed by atoms with Crippen LogP contribution in [0.25, 0.3) is 22.5 Å². The first kappa shape index (κ1) is 39.6. The van der Waals surface area contributed by atoms with E-state index >= 15 is 0 Å². The quantitative estimate of drug-likeness (QED) is 0.130. The number of amides is 3. The molecule has 0 saturated heterocycles. The zero-order chi connectivity index (χ0) is 36.6. The fourth-order valence-corrected chi connectivity index (χ4v) is 7.57. The molecule has 6 rings (SSSR count). The van der Waals surface area contributed by atoms with Gasteiger partial charge in [0.2, 0.25) is 17.6 Å². The highest BCUT2D eigenvalue weighted by Gasteiger charge is 2.30. The van der Waals surface area contributed by atoms with E-state index in [2.05, 4.69) is 55.6 Å². The van der Waals surface area contributed by atoms with Crippen molar-refractivity contribution < 1.29 is 14.4 Å². The normalized spacial score (nSPS) is 20.5. The van der Waals surface area contributed by atoms with Crippen molar-refractivity contribution in [3.63, 3.8) is 0 Å². The minimum Gasteiger partial charge on any atom is -0.349 e. The van der Waals surface area contributed by atoms with Crippen molar-refractivity contribution in [2.24, 2.45) is 17.6 Å². The summed E-state index contributed by atoms with van der Waals surface area (Å²) in [5.41, 5.74) is 11.9. The van der Waals surface area contributed by atoms with Gasteiger partial charge in [-0.15, -0.1) is 22.6 Å². The third-order valence-corrected chi connectivity index (χ3v) is 10.9. The number of aromatic amines is 1. The summed E-state index contributed by atoms with van der Waals surface area (Å²) in [6.07, 6.45) is 7.88. The first-order valence-corrected chi connectivity index (χ1v) is 18.5. The van der Waals surface area contributed by atoms with Crippen LogP contribution >= 0.6 is 12.4 Å². The number of hydrogen-bond acceptors (Lipinski definition) is 8. The zero-order valence-electron chi connectivity index (χ0n) is 30.8. The number of halogens is 1. The molecule has 3 aromatic carbocycles. The zero-order valence-corrected chi connectivity index (χ0v) is 31.6. The molecule has 0 radical (unpaired) electrons. The molecule has 1 heterocycles. The molecule has 282 valence electrons. The van der Waals surface area contributed by atoms with Crippen LogP contribution in [-0.4, -0.2) is 82.0 Å². The molecule has 6 N–H and O–H groups in total. The Bertz CT molecular complexity index is 1800. The average Bonchev–Trinajstić information content (AvgIpc) is 3.71. The van der Waals surface area contributed by atoms with Gasteiger partial charge in [0, 0.05) is 41.2 Å². The standard InChI is InChI=1S/C40H51N9O3.ClH/c1-25-22-31(39(51)42-33-17-19-34(20-18-33)49(2)3)14-21-35(25)28-8-4-26(5-9-28)23-36(44-38(50)30-10-6-27(24-41)7-11-30)40(52)43-32-15-12-29(13-16-32)37-45-47-48-46-37;/h4-5,8-9,12-16,21-22,27,30,33-34,36H,6-7,10-11,17-20,23-24,41H2,1-3H3,(H,42,51)(H,43,52)(H,44,50)(H,45,46,47,48);1H/t27-,30-,33?,34?,36-;/m0./s1. The van der Waals surface area contributed by atoms with Gasteiger partial charge in [-0.05, 0) is 149 Å². The van der Waals surface area contributed by atoms with Gasteiger partial charge in [-0.1, -0.05) is 30.3 Å². The number of carbonyl (C=O) groups excluding carboxylic acids is 3. The summed E-state index contributed by atoms with van der Waals surface area (Å²) in [7, 11) is 4.24. The monoisotopic (exact) mass is 741 g/mol. The molecular weight excluding hydrogens is 690 g/mol. The van der Waals surface area contributed by atoms with Crippen LogP contribution in [0.5, 0.6) is 0 Å². The summed E-state index contributed by atoms with van der Waals surface area (Å²) in [5.74, 6) is 0.352. The van der Waals surface area contributed by atoms with Gasteiger partial charge in [0.15, 0.2) is 0 Å². The summed E-state index contributed by atoms with van der Waals surface area (Å²) in [5, 5.41) is 23.3. The van der Waals surface area contributed by atoms with Crippen LogP contribution in [0.15, 0.2) is 66.7 Å². The van der Waals surface area contributed by atoms with Gasteiger partial charge >= 0.3 is 0 Å². The molecule has 13 heteroatoms. The molecule has 4 aromatic rings. The van der Waals surface area contributed by atoms with Crippen LogP contribution in [0.3, 0.4) is 0 Å². The number of nitrogens with zero attached hydrogens (tertiary/aromatic N) is 4. The highest BCUT2D eigenvalue weighted by atomic mass is 35.5. The van der Waals surface area contributed by atoms with Crippen molar-refractivity contribution in [3.8, 4) is 22.5 Å². The summed E-state index contributed by atoms with van der Waals surface area (Å²) >= 11 is 0. The molecule has 1 aromatic heterocycles. The molecule has 0 bridgehead atoms. The maximum absolute atomic E-state index is 13.7. The number of nitrogens with one attached hydrogen (secondary N) is 4. The fraction of sp³-hybridized carbons (Fsp3) is 0.450. The van der Waals surface area contributed by atoms with E-state index in [9.17, 15) is 14.4 Å². The second kappa shape index (κ2) is 18.4. The van der Waals surface area contributed by atoms with E-state index in [1.54, 1.807) is 24.3 Å². The highest BCUT2D eigenvalue weighted by molar-refractivity contribution is 5.98. The summed E-state index contributed by atoms with van der Waals surface area (Å²) in [4.78, 5) is 42.6. The van der Waals surface area contributed by atoms with E-state index in [1.165, 1.54) is 0 Å². The minimum absolute atomic E-state index is 0. The largest absolute Gasteiger partial charge is 0.349 e. The summed E-state index contributed by atoms with van der Waals surface area (Å²) in [6, 6.07) is 21.1. The highest BCUT2D eigenvalue weighted by Crippen LogP contribution is 2.29. The molecule has 0 spiro atoms. The molecule has 53 heavy (non-hydrogen) atoms.